The molecule has 0 saturated carbocycles. The lowest BCUT2D eigenvalue weighted by Gasteiger charge is -2.26. The summed E-state index contributed by atoms with van der Waals surface area (Å²) < 4.78 is 0. The van der Waals surface area contributed by atoms with Crippen molar-refractivity contribution < 1.29 is 4.79 Å². The van der Waals surface area contributed by atoms with E-state index < -0.39 is 0 Å². The van der Waals surface area contributed by atoms with Crippen LogP contribution in [-0.4, -0.2) is 34.4 Å². The zero-order valence-electron chi connectivity index (χ0n) is 10.5. The van der Waals surface area contributed by atoms with Crippen LogP contribution in [0.5, 0.6) is 0 Å². The van der Waals surface area contributed by atoms with Gasteiger partial charge in [0, 0.05) is 16.7 Å². The number of hydrogen-bond acceptors (Lipinski definition) is 4. The summed E-state index contributed by atoms with van der Waals surface area (Å²) in [6.45, 7) is 2.86. The van der Waals surface area contributed by atoms with Crippen molar-refractivity contribution in [3.63, 3.8) is 0 Å². The predicted octanol–water partition coefficient (Wildman–Crippen LogP) is 2.46. The second-order valence-corrected chi connectivity index (χ2v) is 7.32. The highest BCUT2D eigenvalue weighted by Gasteiger charge is 2.38. The van der Waals surface area contributed by atoms with Gasteiger partial charge in [-0.05, 0) is 37.0 Å². The molecular formula is C13H18N2OS2. The Labute approximate surface area is 116 Å². The van der Waals surface area contributed by atoms with E-state index in [1.807, 2.05) is 23.6 Å². The Bertz CT molecular complexity index is 415. The Hall–Kier alpha value is -0.520. The summed E-state index contributed by atoms with van der Waals surface area (Å²) in [5.41, 5.74) is 0. The molecule has 5 heteroatoms. The maximum Gasteiger partial charge on any atom is 0.241 e. The monoisotopic (exact) mass is 282 g/mol. The first-order valence-corrected chi connectivity index (χ1v) is 8.40. The lowest BCUT2D eigenvalue weighted by atomic mass is 10.2. The van der Waals surface area contributed by atoms with Gasteiger partial charge in [0.2, 0.25) is 5.91 Å². The van der Waals surface area contributed by atoms with E-state index in [4.69, 9.17) is 0 Å². The first-order chi connectivity index (χ1) is 8.75. The van der Waals surface area contributed by atoms with Crippen LogP contribution < -0.4 is 5.32 Å². The molecule has 2 saturated heterocycles. The van der Waals surface area contributed by atoms with Gasteiger partial charge >= 0.3 is 0 Å². The number of nitrogens with zero attached hydrogens (tertiary/aromatic N) is 1. The molecule has 0 spiro atoms. The second kappa shape index (κ2) is 5.23. The zero-order valence-corrected chi connectivity index (χ0v) is 12.1. The predicted molar refractivity (Wildman–Crippen MR) is 76.9 cm³/mol. The Balaban J connectivity index is 1.77. The number of carbonyl (C=O) groups excluding carboxylic acids is 1. The topological polar surface area (TPSA) is 32.3 Å². The molecule has 1 amide bonds. The summed E-state index contributed by atoms with van der Waals surface area (Å²) in [5, 5.41) is 6.11. The van der Waals surface area contributed by atoms with Crippen molar-refractivity contribution in [3.8, 4) is 0 Å². The average Bonchev–Trinajstić information content (AvgIpc) is 3.07. The van der Waals surface area contributed by atoms with Gasteiger partial charge < -0.3 is 4.90 Å². The van der Waals surface area contributed by atoms with Crippen molar-refractivity contribution >= 4 is 29.0 Å². The molecule has 3 atom stereocenters. The summed E-state index contributed by atoms with van der Waals surface area (Å²) in [5.74, 6) is 1.50. The molecule has 3 nitrogen and oxygen atoms in total. The third-order valence-corrected chi connectivity index (χ3v) is 5.92. The van der Waals surface area contributed by atoms with Crippen molar-refractivity contribution in [2.75, 3.05) is 12.3 Å². The zero-order chi connectivity index (χ0) is 12.5. The second-order valence-electron chi connectivity index (χ2n) is 4.93. The fourth-order valence-corrected chi connectivity index (χ4v) is 4.72. The van der Waals surface area contributed by atoms with E-state index in [1.165, 1.54) is 23.5 Å². The van der Waals surface area contributed by atoms with Crippen LogP contribution in [0.1, 0.15) is 30.8 Å². The number of hydrogen-bond donors (Lipinski definition) is 1. The van der Waals surface area contributed by atoms with Crippen molar-refractivity contribution in [1.82, 2.24) is 10.2 Å². The summed E-state index contributed by atoms with van der Waals surface area (Å²) >= 11 is 3.74. The molecule has 0 bridgehead atoms. The fraction of sp³-hybridized carbons (Fsp3) is 0.615. The SMILES string of the molecule is CC1NC(c2cccs2)N(CC2CCCS2)C1=O. The molecule has 2 aliphatic rings. The van der Waals surface area contributed by atoms with Crippen LogP contribution in [0.25, 0.3) is 0 Å². The smallest absolute Gasteiger partial charge is 0.241 e. The van der Waals surface area contributed by atoms with Crippen LogP contribution in [0.3, 0.4) is 0 Å². The molecule has 1 aromatic rings. The maximum atomic E-state index is 12.3. The standard InChI is InChI=1S/C13H18N2OS2/c1-9-13(16)15(8-10-4-2-6-17-10)12(14-9)11-5-3-7-18-11/h3,5,7,9-10,12,14H,2,4,6,8H2,1H3. The van der Waals surface area contributed by atoms with E-state index in [0.717, 1.165) is 6.54 Å². The van der Waals surface area contributed by atoms with Crippen LogP contribution in [0.2, 0.25) is 0 Å². The fourth-order valence-electron chi connectivity index (χ4n) is 2.66. The molecule has 2 fully saturated rings. The molecule has 0 aromatic carbocycles. The Morgan fingerprint density at radius 1 is 1.56 bits per heavy atom. The summed E-state index contributed by atoms with van der Waals surface area (Å²) in [7, 11) is 0. The normalized spacial score (nSPS) is 32.4. The van der Waals surface area contributed by atoms with E-state index in [2.05, 4.69) is 22.8 Å². The average molecular weight is 282 g/mol. The first-order valence-electron chi connectivity index (χ1n) is 6.47. The van der Waals surface area contributed by atoms with Crippen molar-refractivity contribution in [1.29, 1.82) is 0 Å². The van der Waals surface area contributed by atoms with E-state index in [-0.39, 0.29) is 18.1 Å². The quantitative estimate of drug-likeness (QED) is 0.924. The number of rotatable bonds is 3. The maximum absolute atomic E-state index is 12.3. The Morgan fingerprint density at radius 2 is 2.44 bits per heavy atom. The van der Waals surface area contributed by atoms with Gasteiger partial charge in [-0.25, -0.2) is 0 Å². The lowest BCUT2D eigenvalue weighted by molar-refractivity contribution is -0.129. The molecule has 98 valence electrons. The van der Waals surface area contributed by atoms with E-state index >= 15 is 0 Å². The van der Waals surface area contributed by atoms with Gasteiger partial charge in [-0.15, -0.1) is 11.3 Å². The minimum Gasteiger partial charge on any atom is -0.320 e. The van der Waals surface area contributed by atoms with Gasteiger partial charge in [-0.3, -0.25) is 10.1 Å². The Kier molecular flexibility index (Phi) is 3.63. The van der Waals surface area contributed by atoms with Crippen molar-refractivity contribution in [3.05, 3.63) is 22.4 Å². The molecule has 1 N–H and O–H groups in total. The van der Waals surface area contributed by atoms with E-state index in [9.17, 15) is 4.79 Å². The molecular weight excluding hydrogens is 264 g/mol. The number of thioether (sulfide) groups is 1. The van der Waals surface area contributed by atoms with Crippen LogP contribution in [0, 0.1) is 0 Å². The largest absolute Gasteiger partial charge is 0.320 e. The van der Waals surface area contributed by atoms with Gasteiger partial charge in [0.1, 0.15) is 6.17 Å². The summed E-state index contributed by atoms with van der Waals surface area (Å²) in [4.78, 5) is 15.5. The Morgan fingerprint density at radius 3 is 3.11 bits per heavy atom. The molecule has 0 radical (unpaired) electrons. The summed E-state index contributed by atoms with van der Waals surface area (Å²) in [6, 6.07) is 4.11. The molecule has 2 aliphatic heterocycles. The molecule has 3 rings (SSSR count). The van der Waals surface area contributed by atoms with E-state index in [1.54, 1.807) is 11.3 Å². The molecule has 3 unspecified atom stereocenters. The first kappa shape index (κ1) is 12.5. The highest BCUT2D eigenvalue weighted by atomic mass is 32.2. The number of amides is 1. The van der Waals surface area contributed by atoms with Crippen LogP contribution in [0.4, 0.5) is 0 Å². The molecule has 3 heterocycles. The van der Waals surface area contributed by atoms with E-state index in [0.29, 0.717) is 5.25 Å². The van der Waals surface area contributed by atoms with Gasteiger partial charge in [-0.1, -0.05) is 6.07 Å². The molecule has 1 aromatic heterocycles. The van der Waals surface area contributed by atoms with Gasteiger partial charge in [-0.2, -0.15) is 11.8 Å². The molecule has 0 aliphatic carbocycles. The van der Waals surface area contributed by atoms with Gasteiger partial charge in [0.15, 0.2) is 0 Å². The van der Waals surface area contributed by atoms with Crippen LogP contribution in [-0.2, 0) is 4.79 Å². The number of thiophene rings is 1. The van der Waals surface area contributed by atoms with Crippen LogP contribution in [0.15, 0.2) is 17.5 Å². The van der Waals surface area contributed by atoms with Gasteiger partial charge in [0.05, 0.1) is 6.04 Å². The van der Waals surface area contributed by atoms with Crippen LogP contribution >= 0.6 is 23.1 Å². The lowest BCUT2D eigenvalue weighted by Crippen LogP contribution is -2.35. The van der Waals surface area contributed by atoms with Crippen molar-refractivity contribution in [2.24, 2.45) is 0 Å². The minimum atomic E-state index is -0.0523. The number of nitrogens with one attached hydrogen (secondary N) is 1. The summed E-state index contributed by atoms with van der Waals surface area (Å²) in [6.07, 6.45) is 2.64. The molecule has 18 heavy (non-hydrogen) atoms. The minimum absolute atomic E-state index is 0.0523. The highest BCUT2D eigenvalue weighted by Crippen LogP contribution is 2.33. The third-order valence-electron chi connectivity index (χ3n) is 3.61. The van der Waals surface area contributed by atoms with Crippen molar-refractivity contribution in [2.45, 2.75) is 37.2 Å². The number of carbonyl (C=O) groups is 1. The highest BCUT2D eigenvalue weighted by molar-refractivity contribution is 8.00. The third kappa shape index (κ3) is 2.31. The van der Waals surface area contributed by atoms with Gasteiger partial charge in [0.25, 0.3) is 0 Å².